The van der Waals surface area contributed by atoms with Crippen LogP contribution in [0.5, 0.6) is 0 Å². The Labute approximate surface area is 151 Å². The van der Waals surface area contributed by atoms with Crippen molar-refractivity contribution in [2.45, 2.75) is 19.8 Å². The van der Waals surface area contributed by atoms with Crippen molar-refractivity contribution in [2.75, 3.05) is 11.4 Å². The van der Waals surface area contributed by atoms with Gasteiger partial charge in [-0.3, -0.25) is 14.6 Å². The molecule has 0 fully saturated rings. The van der Waals surface area contributed by atoms with Crippen molar-refractivity contribution in [3.63, 3.8) is 0 Å². The normalized spacial score (nSPS) is 13.5. The number of urea groups is 1. The maximum absolute atomic E-state index is 11.6. The van der Waals surface area contributed by atoms with Gasteiger partial charge in [0, 0.05) is 60.1 Å². The lowest BCUT2D eigenvalue weighted by molar-refractivity contribution is 0.253. The number of carbonyl (C=O) groups is 1. The van der Waals surface area contributed by atoms with E-state index in [2.05, 4.69) is 27.2 Å². The van der Waals surface area contributed by atoms with E-state index in [1.54, 1.807) is 6.20 Å². The Morgan fingerprint density at radius 3 is 2.62 bits per heavy atom. The molecular formula is C19H20N6O. The van der Waals surface area contributed by atoms with Crippen LogP contribution in [-0.4, -0.2) is 32.3 Å². The van der Waals surface area contributed by atoms with E-state index in [1.807, 2.05) is 37.2 Å². The van der Waals surface area contributed by atoms with Gasteiger partial charge in [0.25, 0.3) is 0 Å². The summed E-state index contributed by atoms with van der Waals surface area (Å²) in [5.41, 5.74) is 11.6. The third-order valence-electron chi connectivity index (χ3n) is 4.91. The zero-order valence-electron chi connectivity index (χ0n) is 14.8. The Morgan fingerprint density at radius 1 is 1.12 bits per heavy atom. The fraction of sp³-hybridized carbons (Fsp3) is 0.263. The van der Waals surface area contributed by atoms with E-state index in [4.69, 9.17) is 5.73 Å². The number of fused-ring (bicyclic) bond motifs is 1. The molecule has 0 aromatic carbocycles. The van der Waals surface area contributed by atoms with Gasteiger partial charge in [0.2, 0.25) is 0 Å². The molecule has 1 aliphatic heterocycles. The molecule has 2 amide bonds. The van der Waals surface area contributed by atoms with Crippen molar-refractivity contribution in [1.29, 1.82) is 0 Å². The molecule has 4 rings (SSSR count). The van der Waals surface area contributed by atoms with E-state index >= 15 is 0 Å². The average molecular weight is 348 g/mol. The van der Waals surface area contributed by atoms with E-state index in [1.165, 1.54) is 4.90 Å². The third-order valence-corrected chi connectivity index (χ3v) is 4.91. The summed E-state index contributed by atoms with van der Waals surface area (Å²) in [4.78, 5) is 22.0. The second kappa shape index (κ2) is 6.25. The van der Waals surface area contributed by atoms with Crippen molar-refractivity contribution in [3.05, 3.63) is 48.2 Å². The highest BCUT2D eigenvalue weighted by Gasteiger charge is 2.22. The van der Waals surface area contributed by atoms with Gasteiger partial charge in [-0.15, -0.1) is 0 Å². The molecule has 132 valence electrons. The quantitative estimate of drug-likeness (QED) is 0.771. The number of hydrogen-bond acceptors (Lipinski definition) is 4. The molecule has 4 heterocycles. The summed E-state index contributed by atoms with van der Waals surface area (Å²) in [6, 6.07) is 3.71. The Morgan fingerprint density at radius 2 is 1.88 bits per heavy atom. The lowest BCUT2D eigenvalue weighted by Crippen LogP contribution is -2.40. The summed E-state index contributed by atoms with van der Waals surface area (Å²) in [6.07, 6.45) is 9.06. The van der Waals surface area contributed by atoms with Gasteiger partial charge in [0.15, 0.2) is 0 Å². The van der Waals surface area contributed by atoms with Gasteiger partial charge in [-0.05, 0) is 37.5 Å². The van der Waals surface area contributed by atoms with Gasteiger partial charge in [0.05, 0.1) is 6.20 Å². The molecule has 0 atom stereocenters. The predicted octanol–water partition coefficient (Wildman–Crippen LogP) is 2.68. The second-order valence-electron chi connectivity index (χ2n) is 6.53. The first-order chi connectivity index (χ1) is 12.5. The number of anilines is 1. The molecule has 3 aromatic rings. The monoisotopic (exact) mass is 348 g/mol. The number of primary amides is 1. The van der Waals surface area contributed by atoms with Crippen LogP contribution in [0.2, 0.25) is 0 Å². The summed E-state index contributed by atoms with van der Waals surface area (Å²) in [7, 11) is 1.92. The van der Waals surface area contributed by atoms with Crippen molar-refractivity contribution in [2.24, 2.45) is 12.8 Å². The lowest BCUT2D eigenvalue weighted by Gasteiger charge is -2.26. The van der Waals surface area contributed by atoms with Crippen molar-refractivity contribution in [3.8, 4) is 22.3 Å². The molecule has 0 radical (unpaired) electrons. The highest BCUT2D eigenvalue weighted by atomic mass is 16.2. The minimum Gasteiger partial charge on any atom is -0.351 e. The molecule has 0 saturated heterocycles. The summed E-state index contributed by atoms with van der Waals surface area (Å²) in [5, 5.41) is 4.30. The van der Waals surface area contributed by atoms with Gasteiger partial charge >= 0.3 is 6.03 Å². The van der Waals surface area contributed by atoms with E-state index in [0.29, 0.717) is 12.4 Å². The van der Waals surface area contributed by atoms with Crippen LogP contribution in [0.3, 0.4) is 0 Å². The largest absolute Gasteiger partial charge is 0.351 e. The van der Waals surface area contributed by atoms with Gasteiger partial charge < -0.3 is 5.73 Å². The highest BCUT2D eigenvalue weighted by Crippen LogP contribution is 2.31. The third kappa shape index (κ3) is 2.71. The molecule has 1 aliphatic rings. The smallest absolute Gasteiger partial charge is 0.320 e. The van der Waals surface area contributed by atoms with Crippen molar-refractivity contribution in [1.82, 2.24) is 19.7 Å². The van der Waals surface area contributed by atoms with Crippen LogP contribution in [0.4, 0.5) is 10.6 Å². The number of carbonyl (C=O) groups excluding carboxylic acids is 1. The minimum absolute atomic E-state index is 0.457. The van der Waals surface area contributed by atoms with Crippen LogP contribution in [0.15, 0.2) is 36.9 Å². The summed E-state index contributed by atoms with van der Waals surface area (Å²) in [5.74, 6) is 0.666. The molecule has 0 unspecified atom stereocenters. The minimum atomic E-state index is -0.457. The number of hydrogen-bond donors (Lipinski definition) is 1. The number of nitrogens with zero attached hydrogens (tertiary/aromatic N) is 5. The maximum Gasteiger partial charge on any atom is 0.320 e. The van der Waals surface area contributed by atoms with Gasteiger partial charge in [0.1, 0.15) is 5.82 Å². The fourth-order valence-electron chi connectivity index (χ4n) is 3.36. The number of nitrogens with two attached hydrogens (primary N) is 1. The Balaban J connectivity index is 1.74. The van der Waals surface area contributed by atoms with Gasteiger partial charge in [-0.2, -0.15) is 5.10 Å². The average Bonchev–Trinajstić information content (AvgIpc) is 2.99. The fourth-order valence-corrected chi connectivity index (χ4v) is 3.36. The van der Waals surface area contributed by atoms with Crippen LogP contribution < -0.4 is 10.6 Å². The van der Waals surface area contributed by atoms with E-state index in [0.717, 1.165) is 46.4 Å². The van der Waals surface area contributed by atoms with Crippen LogP contribution in [-0.2, 0) is 13.5 Å². The summed E-state index contributed by atoms with van der Waals surface area (Å²) >= 11 is 0. The molecule has 3 aromatic heterocycles. The first-order valence-corrected chi connectivity index (χ1v) is 8.55. The van der Waals surface area contributed by atoms with Crippen LogP contribution >= 0.6 is 0 Å². The molecule has 2 N–H and O–H groups in total. The topological polar surface area (TPSA) is 89.9 Å². The lowest BCUT2D eigenvalue weighted by atomic mass is 9.99. The number of rotatable bonds is 2. The predicted molar refractivity (Wildman–Crippen MR) is 99.7 cm³/mol. The number of aryl methyl sites for hydroxylation is 2. The van der Waals surface area contributed by atoms with Crippen LogP contribution in [0, 0.1) is 6.92 Å². The first-order valence-electron chi connectivity index (χ1n) is 8.55. The molecule has 0 spiro atoms. The van der Waals surface area contributed by atoms with Crippen LogP contribution in [0.25, 0.3) is 22.3 Å². The zero-order chi connectivity index (χ0) is 18.3. The van der Waals surface area contributed by atoms with E-state index in [9.17, 15) is 4.79 Å². The Kier molecular flexibility index (Phi) is 3.91. The Hall–Kier alpha value is -3.22. The van der Waals surface area contributed by atoms with Crippen molar-refractivity contribution >= 4 is 11.8 Å². The summed E-state index contributed by atoms with van der Waals surface area (Å²) in [6.45, 7) is 2.65. The zero-order valence-corrected chi connectivity index (χ0v) is 14.8. The first kappa shape index (κ1) is 16.3. The molecule has 0 aliphatic carbocycles. The van der Waals surface area contributed by atoms with Crippen LogP contribution in [0.1, 0.15) is 17.7 Å². The molecule has 0 bridgehead atoms. The second-order valence-corrected chi connectivity index (χ2v) is 6.53. The van der Waals surface area contributed by atoms with Crippen molar-refractivity contribution < 1.29 is 4.79 Å². The number of amides is 2. The molecule has 0 saturated carbocycles. The Bertz CT molecular complexity index is 993. The van der Waals surface area contributed by atoms with E-state index in [-0.39, 0.29) is 0 Å². The van der Waals surface area contributed by atoms with E-state index < -0.39 is 6.03 Å². The maximum atomic E-state index is 11.6. The number of pyridine rings is 2. The summed E-state index contributed by atoms with van der Waals surface area (Å²) < 4.78 is 1.85. The molecular weight excluding hydrogens is 328 g/mol. The SMILES string of the molecule is Cc1c(-c2cncc(-c3cnc4c(c3)CCCN4C(N)=O)c2)cnn1C. The molecule has 7 heteroatoms. The highest BCUT2D eigenvalue weighted by molar-refractivity contribution is 5.91. The van der Waals surface area contributed by atoms with Gasteiger partial charge in [-0.25, -0.2) is 9.78 Å². The standard InChI is InChI=1S/C19H20N6O/c1-12-17(11-23-24(12)2)16-7-14(8-21-9-16)15-6-13-4-3-5-25(19(20)26)18(13)22-10-15/h6-11H,3-5H2,1-2H3,(H2,20,26). The number of aromatic nitrogens is 4. The molecule has 7 nitrogen and oxygen atoms in total. The van der Waals surface area contributed by atoms with Gasteiger partial charge in [-0.1, -0.05) is 0 Å². The molecule has 26 heavy (non-hydrogen) atoms.